The van der Waals surface area contributed by atoms with Crippen molar-refractivity contribution in [2.45, 2.75) is 24.8 Å². The maximum Gasteiger partial charge on any atom is 0.233 e. The van der Waals surface area contributed by atoms with Crippen molar-refractivity contribution >= 4 is 41.5 Å². The molecule has 2 aromatic rings. The van der Waals surface area contributed by atoms with Crippen LogP contribution in [0.2, 0.25) is 0 Å². The van der Waals surface area contributed by atoms with Gasteiger partial charge in [0.2, 0.25) is 5.91 Å². The Labute approximate surface area is 164 Å². The summed E-state index contributed by atoms with van der Waals surface area (Å²) in [5.41, 5.74) is 5.08. The van der Waals surface area contributed by atoms with Crippen LogP contribution in [0.15, 0.2) is 52.4 Å². The molecule has 0 saturated heterocycles. The summed E-state index contributed by atoms with van der Waals surface area (Å²) in [5.74, 6) is 1.32. The number of rotatable bonds is 6. The maximum absolute atomic E-state index is 12.4. The van der Waals surface area contributed by atoms with Crippen molar-refractivity contribution < 1.29 is 9.53 Å². The monoisotopic (exact) mass is 386 g/mol. The van der Waals surface area contributed by atoms with E-state index in [2.05, 4.69) is 35.8 Å². The number of fused-ring (bicyclic) bond motifs is 1. The number of hydrogen-bond acceptors (Lipinski definition) is 5. The first-order chi connectivity index (χ1) is 12.7. The lowest BCUT2D eigenvalue weighted by atomic mass is 10.00. The summed E-state index contributed by atoms with van der Waals surface area (Å²) in [6.07, 6.45) is 0.926. The van der Waals surface area contributed by atoms with E-state index in [1.807, 2.05) is 36.1 Å². The van der Waals surface area contributed by atoms with E-state index in [0.29, 0.717) is 18.9 Å². The summed E-state index contributed by atoms with van der Waals surface area (Å²) in [5, 5.41) is 0. The molecule has 1 aliphatic rings. The second-order valence-corrected chi connectivity index (χ2v) is 7.28. The van der Waals surface area contributed by atoms with Crippen LogP contribution < -0.4 is 4.74 Å². The second-order valence-electron chi connectivity index (χ2n) is 5.96. The molecule has 0 unspecified atom stereocenters. The fourth-order valence-electron chi connectivity index (χ4n) is 2.87. The number of carbonyl (C=O) groups excluding carboxylic acids is 1. The Hall–Kier alpha value is -1.92. The van der Waals surface area contributed by atoms with E-state index in [-0.39, 0.29) is 5.91 Å². The van der Waals surface area contributed by atoms with Crippen molar-refractivity contribution in [3.63, 3.8) is 0 Å². The third kappa shape index (κ3) is 4.83. The fraction of sp³-hybridized carbons (Fsp3) is 0.300. The van der Waals surface area contributed by atoms with Crippen molar-refractivity contribution in [1.82, 2.24) is 4.90 Å². The molecule has 6 heteroatoms. The molecule has 2 aromatic carbocycles. The summed E-state index contributed by atoms with van der Waals surface area (Å²) in [6, 6.07) is 13.9. The molecule has 1 amide bonds. The van der Waals surface area contributed by atoms with Crippen molar-refractivity contribution in [1.29, 1.82) is 0 Å². The van der Waals surface area contributed by atoms with Gasteiger partial charge in [-0.25, -0.2) is 4.99 Å². The Kier molecular flexibility index (Phi) is 6.63. The van der Waals surface area contributed by atoms with Gasteiger partial charge in [-0.15, -0.1) is 24.4 Å². The van der Waals surface area contributed by atoms with Gasteiger partial charge in [0, 0.05) is 18.0 Å². The lowest BCUT2D eigenvalue weighted by molar-refractivity contribution is -0.129. The lowest BCUT2D eigenvalue weighted by Crippen LogP contribution is -2.37. The number of aliphatic imine (C=N–C) groups is 1. The number of carbonyl (C=O) groups is 1. The molecule has 3 rings (SSSR count). The highest BCUT2D eigenvalue weighted by Gasteiger charge is 2.19. The van der Waals surface area contributed by atoms with Gasteiger partial charge in [0.05, 0.1) is 23.6 Å². The number of benzene rings is 2. The molecule has 0 aromatic heterocycles. The molecule has 0 N–H and O–H groups in total. The van der Waals surface area contributed by atoms with Crippen LogP contribution in [0.1, 0.15) is 18.1 Å². The van der Waals surface area contributed by atoms with E-state index in [0.717, 1.165) is 29.3 Å². The Morgan fingerprint density at radius 3 is 2.88 bits per heavy atom. The average Bonchev–Trinajstić information content (AvgIpc) is 2.66. The van der Waals surface area contributed by atoms with Crippen molar-refractivity contribution in [3.8, 4) is 5.75 Å². The van der Waals surface area contributed by atoms with Crippen LogP contribution in [0.3, 0.4) is 0 Å². The zero-order chi connectivity index (χ0) is 18.4. The molecule has 136 valence electrons. The van der Waals surface area contributed by atoms with Crippen LogP contribution in [-0.4, -0.2) is 35.3 Å². The SMILES string of the molecule is CCOc1ccc(/N=C/SCC(=O)N2CCc3ccccc3C2)c(S)c1. The number of thioether (sulfide) groups is 1. The highest BCUT2D eigenvalue weighted by Crippen LogP contribution is 2.28. The normalized spacial score (nSPS) is 13.7. The van der Waals surface area contributed by atoms with Crippen LogP contribution >= 0.6 is 24.4 Å². The minimum Gasteiger partial charge on any atom is -0.494 e. The first-order valence-electron chi connectivity index (χ1n) is 8.62. The molecular weight excluding hydrogens is 364 g/mol. The largest absolute Gasteiger partial charge is 0.494 e. The number of ether oxygens (including phenoxy) is 1. The molecule has 0 bridgehead atoms. The maximum atomic E-state index is 12.4. The molecule has 0 fully saturated rings. The quantitative estimate of drug-likeness (QED) is 0.456. The molecule has 0 saturated carbocycles. The van der Waals surface area contributed by atoms with Gasteiger partial charge in [0.25, 0.3) is 0 Å². The molecule has 0 aliphatic carbocycles. The average molecular weight is 387 g/mol. The van der Waals surface area contributed by atoms with Gasteiger partial charge in [-0.05, 0) is 42.7 Å². The highest BCUT2D eigenvalue weighted by molar-refractivity contribution is 8.12. The van der Waals surface area contributed by atoms with Gasteiger partial charge in [0.1, 0.15) is 5.75 Å². The molecule has 1 aliphatic heterocycles. The molecule has 0 atom stereocenters. The predicted octanol–water partition coefficient (Wildman–Crippen LogP) is 4.35. The van der Waals surface area contributed by atoms with Gasteiger partial charge >= 0.3 is 0 Å². The Bertz CT molecular complexity index is 808. The Morgan fingerprint density at radius 1 is 1.31 bits per heavy atom. The highest BCUT2D eigenvalue weighted by atomic mass is 32.2. The van der Waals surface area contributed by atoms with Gasteiger partial charge < -0.3 is 9.64 Å². The minimum atomic E-state index is 0.147. The van der Waals surface area contributed by atoms with Gasteiger partial charge in [-0.2, -0.15) is 0 Å². The first-order valence-corrected chi connectivity index (χ1v) is 10.1. The summed E-state index contributed by atoms with van der Waals surface area (Å²) >= 11 is 5.84. The van der Waals surface area contributed by atoms with E-state index in [4.69, 9.17) is 4.74 Å². The molecule has 0 spiro atoms. The second kappa shape index (κ2) is 9.14. The number of nitrogens with zero attached hydrogens (tertiary/aromatic N) is 2. The number of thiol groups is 1. The van der Waals surface area contributed by atoms with E-state index in [9.17, 15) is 4.79 Å². The predicted molar refractivity (Wildman–Crippen MR) is 111 cm³/mol. The summed E-state index contributed by atoms with van der Waals surface area (Å²) in [6.45, 7) is 4.05. The van der Waals surface area contributed by atoms with E-state index < -0.39 is 0 Å². The summed E-state index contributed by atoms with van der Waals surface area (Å²) in [4.78, 5) is 19.5. The Morgan fingerprint density at radius 2 is 2.12 bits per heavy atom. The summed E-state index contributed by atoms with van der Waals surface area (Å²) < 4.78 is 5.43. The molecular formula is C20H22N2O2S2. The van der Waals surface area contributed by atoms with Crippen molar-refractivity contribution in [3.05, 3.63) is 53.6 Å². The third-order valence-corrected chi connectivity index (χ3v) is 5.24. The lowest BCUT2D eigenvalue weighted by Gasteiger charge is -2.28. The van der Waals surface area contributed by atoms with Crippen molar-refractivity contribution in [2.24, 2.45) is 4.99 Å². The number of amides is 1. The van der Waals surface area contributed by atoms with E-state index in [1.165, 1.54) is 22.9 Å². The zero-order valence-corrected chi connectivity index (χ0v) is 16.4. The van der Waals surface area contributed by atoms with Crippen LogP contribution in [-0.2, 0) is 17.8 Å². The molecule has 0 radical (unpaired) electrons. The van der Waals surface area contributed by atoms with Gasteiger partial charge in [-0.1, -0.05) is 24.3 Å². The third-order valence-electron chi connectivity index (χ3n) is 4.21. The molecule has 4 nitrogen and oxygen atoms in total. The molecule has 1 heterocycles. The minimum absolute atomic E-state index is 0.147. The van der Waals surface area contributed by atoms with Crippen molar-refractivity contribution in [2.75, 3.05) is 18.9 Å². The van der Waals surface area contributed by atoms with Crippen LogP contribution in [0, 0.1) is 0 Å². The van der Waals surface area contributed by atoms with E-state index in [1.54, 1.807) is 5.55 Å². The van der Waals surface area contributed by atoms with Gasteiger partial charge in [0.15, 0.2) is 0 Å². The van der Waals surface area contributed by atoms with E-state index >= 15 is 0 Å². The topological polar surface area (TPSA) is 41.9 Å². The Balaban J connectivity index is 1.50. The van der Waals surface area contributed by atoms with Crippen LogP contribution in [0.5, 0.6) is 5.75 Å². The van der Waals surface area contributed by atoms with Gasteiger partial charge in [-0.3, -0.25) is 4.79 Å². The standard InChI is InChI=1S/C20H22N2O2S2/c1-2-24-17-7-8-18(19(25)11-17)21-14-26-13-20(23)22-10-9-15-5-3-4-6-16(15)12-22/h3-8,11,14,25H,2,9-10,12-13H2,1H3/b21-14+. The smallest absolute Gasteiger partial charge is 0.233 e. The van der Waals surface area contributed by atoms with Crippen LogP contribution in [0.4, 0.5) is 5.69 Å². The summed E-state index contributed by atoms with van der Waals surface area (Å²) in [7, 11) is 0. The zero-order valence-electron chi connectivity index (χ0n) is 14.7. The fourth-order valence-corrected chi connectivity index (χ4v) is 3.72. The first kappa shape index (κ1) is 18.9. The van der Waals surface area contributed by atoms with Crippen LogP contribution in [0.25, 0.3) is 0 Å². The number of hydrogen-bond donors (Lipinski definition) is 1. The molecule has 26 heavy (non-hydrogen) atoms.